The van der Waals surface area contributed by atoms with Crippen molar-refractivity contribution in [2.45, 2.75) is 0 Å². The van der Waals surface area contributed by atoms with Crippen molar-refractivity contribution in [2.75, 3.05) is 5.73 Å². The minimum Gasteiger partial charge on any atom is -0.478 e. The number of rotatable bonds is 2. The Hall–Kier alpha value is -2.07. The molecule has 5 heteroatoms. The van der Waals surface area contributed by atoms with E-state index in [1.165, 1.54) is 12.1 Å². The van der Waals surface area contributed by atoms with Crippen molar-refractivity contribution < 1.29 is 9.90 Å². The number of nitrogen functional groups attached to an aromatic ring is 1. The first-order valence-electron chi connectivity index (χ1n) is 4.83. The van der Waals surface area contributed by atoms with Gasteiger partial charge in [0, 0.05) is 23.0 Å². The van der Waals surface area contributed by atoms with E-state index in [0.29, 0.717) is 16.8 Å². The summed E-state index contributed by atoms with van der Waals surface area (Å²) in [6, 6.07) is 7.96. The summed E-state index contributed by atoms with van der Waals surface area (Å²) in [7, 11) is 0. The molecule has 0 aliphatic rings. The van der Waals surface area contributed by atoms with Crippen LogP contribution in [0.5, 0.6) is 0 Å². The first kappa shape index (κ1) is 11.4. The third-order valence-electron chi connectivity index (χ3n) is 2.32. The predicted molar refractivity (Wildman–Crippen MR) is 66.1 cm³/mol. The second-order valence-corrected chi connectivity index (χ2v) is 3.81. The molecule has 0 atom stereocenters. The number of benzene rings is 1. The van der Waals surface area contributed by atoms with Gasteiger partial charge in [0.05, 0.1) is 5.56 Å². The summed E-state index contributed by atoms with van der Waals surface area (Å²) in [5.74, 6) is -1.03. The van der Waals surface area contributed by atoms with Crippen LogP contribution < -0.4 is 5.73 Å². The minimum absolute atomic E-state index is 0.147. The average Bonchev–Trinajstić information content (AvgIpc) is 2.29. The SMILES string of the molecule is Nc1ccc(C(=O)O)c(-c2cccnc2Cl)c1. The lowest BCUT2D eigenvalue weighted by Crippen LogP contribution is -2.01. The van der Waals surface area contributed by atoms with Crippen LogP contribution in [-0.4, -0.2) is 16.1 Å². The Bertz CT molecular complexity index is 584. The van der Waals surface area contributed by atoms with E-state index >= 15 is 0 Å². The Morgan fingerprint density at radius 2 is 2.06 bits per heavy atom. The number of halogens is 1. The highest BCUT2D eigenvalue weighted by Crippen LogP contribution is 2.30. The van der Waals surface area contributed by atoms with Gasteiger partial charge in [-0.2, -0.15) is 0 Å². The number of nitrogens with two attached hydrogens (primary N) is 1. The van der Waals surface area contributed by atoms with Gasteiger partial charge >= 0.3 is 5.97 Å². The number of carbonyl (C=O) groups is 1. The fraction of sp³-hybridized carbons (Fsp3) is 0. The van der Waals surface area contributed by atoms with E-state index in [1.807, 2.05) is 0 Å². The van der Waals surface area contributed by atoms with Gasteiger partial charge in [-0.3, -0.25) is 0 Å². The van der Waals surface area contributed by atoms with E-state index < -0.39 is 5.97 Å². The molecule has 0 aliphatic carbocycles. The maximum absolute atomic E-state index is 11.1. The quantitative estimate of drug-likeness (QED) is 0.633. The number of carboxylic acid groups (broad SMARTS) is 1. The van der Waals surface area contributed by atoms with Crippen molar-refractivity contribution in [1.82, 2.24) is 4.98 Å². The summed E-state index contributed by atoms with van der Waals surface area (Å²) >= 11 is 5.94. The molecule has 3 N–H and O–H groups in total. The topological polar surface area (TPSA) is 76.2 Å². The molecule has 0 aliphatic heterocycles. The number of hydrogen-bond donors (Lipinski definition) is 2. The molecule has 0 radical (unpaired) electrons. The maximum Gasteiger partial charge on any atom is 0.336 e. The van der Waals surface area contributed by atoms with E-state index in [4.69, 9.17) is 22.4 Å². The third-order valence-corrected chi connectivity index (χ3v) is 2.62. The van der Waals surface area contributed by atoms with E-state index in [1.54, 1.807) is 24.4 Å². The Kier molecular flexibility index (Phi) is 2.97. The highest BCUT2D eigenvalue weighted by molar-refractivity contribution is 6.32. The minimum atomic E-state index is -1.03. The van der Waals surface area contributed by atoms with Gasteiger partial charge in [0.25, 0.3) is 0 Å². The molecule has 0 fully saturated rings. The van der Waals surface area contributed by atoms with Gasteiger partial charge < -0.3 is 10.8 Å². The first-order valence-corrected chi connectivity index (χ1v) is 5.21. The Morgan fingerprint density at radius 3 is 2.71 bits per heavy atom. The number of carboxylic acids is 1. The summed E-state index contributed by atoms with van der Waals surface area (Å²) in [6.45, 7) is 0. The summed E-state index contributed by atoms with van der Waals surface area (Å²) < 4.78 is 0. The summed E-state index contributed by atoms with van der Waals surface area (Å²) in [6.07, 6.45) is 1.54. The molecule has 2 aromatic rings. The van der Waals surface area contributed by atoms with Crippen LogP contribution in [0.2, 0.25) is 5.15 Å². The molecular weight excluding hydrogens is 240 g/mol. The van der Waals surface area contributed by atoms with Crippen molar-refractivity contribution in [2.24, 2.45) is 0 Å². The molecule has 1 heterocycles. The number of hydrogen-bond acceptors (Lipinski definition) is 3. The van der Waals surface area contributed by atoms with E-state index in [-0.39, 0.29) is 10.7 Å². The molecule has 0 saturated heterocycles. The molecule has 4 nitrogen and oxygen atoms in total. The maximum atomic E-state index is 11.1. The zero-order valence-corrected chi connectivity index (χ0v) is 9.48. The van der Waals surface area contributed by atoms with Gasteiger partial charge in [-0.15, -0.1) is 0 Å². The molecule has 0 saturated carbocycles. The summed E-state index contributed by atoms with van der Waals surface area (Å²) in [5.41, 5.74) is 7.31. The van der Waals surface area contributed by atoms with Crippen molar-refractivity contribution in [3.8, 4) is 11.1 Å². The van der Waals surface area contributed by atoms with Gasteiger partial charge in [0.15, 0.2) is 0 Å². The number of aromatic carboxylic acids is 1. The molecule has 86 valence electrons. The molecule has 0 unspecified atom stereocenters. The predicted octanol–water partition coefficient (Wildman–Crippen LogP) is 2.68. The molecule has 0 spiro atoms. The molecule has 2 rings (SSSR count). The van der Waals surface area contributed by atoms with Gasteiger partial charge in [-0.05, 0) is 30.3 Å². The second kappa shape index (κ2) is 4.43. The molecule has 1 aromatic heterocycles. The van der Waals surface area contributed by atoms with E-state index in [0.717, 1.165) is 0 Å². The zero-order valence-electron chi connectivity index (χ0n) is 8.72. The highest BCUT2D eigenvalue weighted by atomic mass is 35.5. The van der Waals surface area contributed by atoms with Crippen LogP contribution in [0.4, 0.5) is 5.69 Å². The normalized spacial score (nSPS) is 10.2. The molecule has 17 heavy (non-hydrogen) atoms. The lowest BCUT2D eigenvalue weighted by molar-refractivity contribution is 0.0698. The Balaban J connectivity index is 2.70. The zero-order chi connectivity index (χ0) is 12.4. The lowest BCUT2D eigenvalue weighted by Gasteiger charge is -2.08. The lowest BCUT2D eigenvalue weighted by atomic mass is 10.0. The van der Waals surface area contributed by atoms with Crippen molar-refractivity contribution in [3.05, 3.63) is 47.2 Å². The second-order valence-electron chi connectivity index (χ2n) is 3.45. The van der Waals surface area contributed by atoms with Crippen LogP contribution in [-0.2, 0) is 0 Å². The highest BCUT2D eigenvalue weighted by Gasteiger charge is 2.14. The van der Waals surface area contributed by atoms with Gasteiger partial charge in [0.2, 0.25) is 0 Å². The van der Waals surface area contributed by atoms with Crippen molar-refractivity contribution >= 4 is 23.3 Å². The van der Waals surface area contributed by atoms with E-state index in [9.17, 15) is 4.79 Å². The van der Waals surface area contributed by atoms with Crippen LogP contribution in [0.25, 0.3) is 11.1 Å². The molecule has 0 amide bonds. The van der Waals surface area contributed by atoms with Gasteiger partial charge in [0.1, 0.15) is 5.15 Å². The number of pyridine rings is 1. The van der Waals surface area contributed by atoms with Crippen LogP contribution in [0.3, 0.4) is 0 Å². The van der Waals surface area contributed by atoms with Gasteiger partial charge in [-0.1, -0.05) is 11.6 Å². The number of anilines is 1. The fourth-order valence-corrected chi connectivity index (χ4v) is 1.78. The fourth-order valence-electron chi connectivity index (χ4n) is 1.56. The average molecular weight is 249 g/mol. The van der Waals surface area contributed by atoms with Crippen LogP contribution >= 0.6 is 11.6 Å². The standard InChI is InChI=1S/C12H9ClN2O2/c13-11-8(2-1-5-15-11)10-6-7(14)3-4-9(10)12(16)17/h1-6H,14H2,(H,16,17). The first-order chi connectivity index (χ1) is 8.09. The third kappa shape index (κ3) is 2.21. The van der Waals surface area contributed by atoms with E-state index in [2.05, 4.69) is 4.98 Å². The largest absolute Gasteiger partial charge is 0.478 e. The molecular formula is C12H9ClN2O2. The molecule has 0 bridgehead atoms. The van der Waals surface area contributed by atoms with Crippen molar-refractivity contribution in [1.29, 1.82) is 0 Å². The van der Waals surface area contributed by atoms with Gasteiger partial charge in [-0.25, -0.2) is 9.78 Å². The summed E-state index contributed by atoms with van der Waals surface area (Å²) in [4.78, 5) is 15.0. The van der Waals surface area contributed by atoms with Crippen LogP contribution in [0, 0.1) is 0 Å². The monoisotopic (exact) mass is 248 g/mol. The van der Waals surface area contributed by atoms with Crippen LogP contribution in [0.15, 0.2) is 36.5 Å². The Morgan fingerprint density at radius 1 is 1.29 bits per heavy atom. The number of nitrogens with zero attached hydrogens (tertiary/aromatic N) is 1. The molecule has 1 aromatic carbocycles. The number of aromatic nitrogens is 1. The Labute approximate surface area is 103 Å². The van der Waals surface area contributed by atoms with Crippen molar-refractivity contribution in [3.63, 3.8) is 0 Å². The summed E-state index contributed by atoms with van der Waals surface area (Å²) in [5, 5.41) is 9.36. The smallest absolute Gasteiger partial charge is 0.336 e. The van der Waals surface area contributed by atoms with Crippen LogP contribution in [0.1, 0.15) is 10.4 Å².